The van der Waals surface area contributed by atoms with E-state index in [4.69, 9.17) is 9.47 Å². The van der Waals surface area contributed by atoms with Crippen molar-refractivity contribution in [1.82, 2.24) is 0 Å². The number of carbonyl (C=O) groups excluding carboxylic acids is 3. The Balaban J connectivity index is 1.31. The van der Waals surface area contributed by atoms with Gasteiger partial charge >= 0.3 is 5.97 Å². The zero-order valence-electron chi connectivity index (χ0n) is 19.4. The highest BCUT2D eigenvalue weighted by Crippen LogP contribution is 2.24. The van der Waals surface area contributed by atoms with Gasteiger partial charge in [-0.2, -0.15) is 0 Å². The lowest BCUT2D eigenvalue weighted by molar-refractivity contribution is -0.147. The molecule has 3 aromatic carbocycles. The van der Waals surface area contributed by atoms with E-state index in [2.05, 4.69) is 33.5 Å². The van der Waals surface area contributed by atoms with Crippen molar-refractivity contribution in [3.05, 3.63) is 82.8 Å². The molecule has 0 aliphatic heterocycles. The first kappa shape index (κ1) is 26.0. The Morgan fingerprint density at radius 3 is 1.89 bits per heavy atom. The molecular weight excluding hydrogens is 512 g/mol. The molecule has 0 radical (unpaired) electrons. The van der Waals surface area contributed by atoms with Gasteiger partial charge in [-0.05, 0) is 79.1 Å². The molecule has 0 spiro atoms. The summed E-state index contributed by atoms with van der Waals surface area (Å²) in [4.78, 5) is 36.0. The fourth-order valence-electron chi connectivity index (χ4n) is 3.10. The molecule has 7 nitrogen and oxygen atoms in total. The van der Waals surface area contributed by atoms with Crippen LogP contribution in [0.25, 0.3) is 0 Å². The zero-order chi connectivity index (χ0) is 25.0. The number of hydrogen-bond acceptors (Lipinski definition) is 5. The molecule has 2 N–H and O–H groups in total. The molecule has 0 aliphatic rings. The summed E-state index contributed by atoms with van der Waals surface area (Å²) in [6, 6.07) is 22.0. The number of esters is 1. The third-order valence-electron chi connectivity index (χ3n) is 4.98. The van der Waals surface area contributed by atoms with Crippen LogP contribution in [0.15, 0.2) is 77.3 Å². The van der Waals surface area contributed by atoms with Gasteiger partial charge in [-0.1, -0.05) is 35.0 Å². The van der Waals surface area contributed by atoms with Crippen molar-refractivity contribution in [2.75, 3.05) is 17.2 Å². The highest BCUT2D eigenvalue weighted by atomic mass is 79.9. The highest BCUT2D eigenvalue weighted by molar-refractivity contribution is 9.10. The molecule has 0 saturated heterocycles. The second-order valence-electron chi connectivity index (χ2n) is 7.74. The Hall–Kier alpha value is -3.65. The monoisotopic (exact) mass is 538 g/mol. The van der Waals surface area contributed by atoms with Crippen molar-refractivity contribution >= 4 is 45.1 Å². The molecule has 0 unspecified atom stereocenters. The molecule has 3 aromatic rings. The van der Waals surface area contributed by atoms with Crippen molar-refractivity contribution in [2.24, 2.45) is 0 Å². The Morgan fingerprint density at radius 2 is 1.29 bits per heavy atom. The number of nitrogens with one attached hydrogen (secondary N) is 2. The average Bonchev–Trinajstić information content (AvgIpc) is 2.86. The van der Waals surface area contributed by atoms with E-state index in [0.29, 0.717) is 29.3 Å². The molecule has 0 saturated carbocycles. The van der Waals surface area contributed by atoms with Gasteiger partial charge in [0.05, 0.1) is 0 Å². The van der Waals surface area contributed by atoms with Crippen molar-refractivity contribution in [3.63, 3.8) is 0 Å². The number of anilines is 2. The number of carbonyl (C=O) groups is 3. The van der Waals surface area contributed by atoms with Gasteiger partial charge in [0.2, 0.25) is 5.91 Å². The molecule has 182 valence electrons. The van der Waals surface area contributed by atoms with Crippen LogP contribution in [0.2, 0.25) is 0 Å². The van der Waals surface area contributed by atoms with Crippen LogP contribution >= 0.6 is 15.9 Å². The zero-order valence-corrected chi connectivity index (χ0v) is 21.0. The van der Waals surface area contributed by atoms with Crippen LogP contribution in [-0.4, -0.2) is 24.4 Å². The number of hydrogen-bond donors (Lipinski definition) is 2. The molecule has 8 heteroatoms. The molecular formula is C27H27BrN2O5. The first-order valence-electron chi connectivity index (χ1n) is 11.3. The Morgan fingerprint density at radius 1 is 0.743 bits per heavy atom. The average molecular weight is 539 g/mol. The smallest absolute Gasteiger partial charge is 0.306 e. The highest BCUT2D eigenvalue weighted by Gasteiger charge is 2.10. The van der Waals surface area contributed by atoms with E-state index in [1.165, 1.54) is 5.56 Å². The van der Waals surface area contributed by atoms with Crippen LogP contribution in [0.3, 0.4) is 0 Å². The summed E-state index contributed by atoms with van der Waals surface area (Å²) in [5.41, 5.74) is 2.44. The summed E-state index contributed by atoms with van der Waals surface area (Å²) >= 11 is 3.38. The minimum Gasteiger partial charge on any atom is -0.457 e. The van der Waals surface area contributed by atoms with E-state index in [1.807, 2.05) is 36.4 Å². The first-order valence-corrected chi connectivity index (χ1v) is 12.1. The van der Waals surface area contributed by atoms with Gasteiger partial charge in [0.15, 0.2) is 6.61 Å². The van der Waals surface area contributed by atoms with E-state index >= 15 is 0 Å². The maximum Gasteiger partial charge on any atom is 0.306 e. The van der Waals surface area contributed by atoms with Crippen LogP contribution in [0.4, 0.5) is 11.4 Å². The van der Waals surface area contributed by atoms with Crippen LogP contribution in [0, 0.1) is 0 Å². The molecule has 0 bridgehead atoms. The van der Waals surface area contributed by atoms with Crippen molar-refractivity contribution < 1.29 is 23.9 Å². The first-order chi connectivity index (χ1) is 16.9. The van der Waals surface area contributed by atoms with Gasteiger partial charge in [0.25, 0.3) is 5.91 Å². The Kier molecular flexibility index (Phi) is 9.86. The van der Waals surface area contributed by atoms with Gasteiger partial charge in [0, 0.05) is 28.7 Å². The second-order valence-corrected chi connectivity index (χ2v) is 8.66. The molecule has 0 atom stereocenters. The fourth-order valence-corrected chi connectivity index (χ4v) is 3.37. The van der Waals surface area contributed by atoms with Gasteiger partial charge in [0.1, 0.15) is 11.5 Å². The largest absolute Gasteiger partial charge is 0.457 e. The molecule has 0 fully saturated rings. The molecule has 0 heterocycles. The van der Waals surface area contributed by atoms with E-state index in [-0.39, 0.29) is 25.4 Å². The molecule has 2 amide bonds. The van der Waals surface area contributed by atoms with Crippen molar-refractivity contribution in [1.29, 1.82) is 0 Å². The lowest BCUT2D eigenvalue weighted by Crippen LogP contribution is -2.21. The Labute approximate surface area is 213 Å². The van der Waals surface area contributed by atoms with Crippen LogP contribution < -0.4 is 15.4 Å². The normalized spacial score (nSPS) is 10.3. The van der Waals surface area contributed by atoms with Crippen LogP contribution in [-0.2, 0) is 25.5 Å². The van der Waals surface area contributed by atoms with E-state index in [0.717, 1.165) is 10.9 Å². The fraction of sp³-hybridized carbons (Fsp3) is 0.222. The molecule has 35 heavy (non-hydrogen) atoms. The standard InChI is InChI=1S/C27H27BrN2O5/c1-2-19-6-10-21(11-7-19)30-26(32)18-34-27(33)5-3-4-25(31)29-22-12-16-24(17-13-22)35-23-14-8-20(28)9-15-23/h6-17H,2-5,18H2,1H3,(H,29,31)(H,30,32). The summed E-state index contributed by atoms with van der Waals surface area (Å²) < 4.78 is 11.7. The summed E-state index contributed by atoms with van der Waals surface area (Å²) in [5, 5.41) is 5.46. The molecule has 0 aliphatic carbocycles. The van der Waals surface area contributed by atoms with Gasteiger partial charge in [-0.25, -0.2) is 0 Å². The van der Waals surface area contributed by atoms with Gasteiger partial charge < -0.3 is 20.1 Å². The number of ether oxygens (including phenoxy) is 2. The maximum atomic E-state index is 12.2. The minimum absolute atomic E-state index is 0.0475. The number of aryl methyl sites for hydroxylation is 1. The number of halogens is 1. The summed E-state index contributed by atoms with van der Waals surface area (Å²) in [5.74, 6) is 0.208. The third kappa shape index (κ3) is 9.25. The summed E-state index contributed by atoms with van der Waals surface area (Å²) in [6.45, 7) is 1.69. The lowest BCUT2D eigenvalue weighted by atomic mass is 10.1. The summed E-state index contributed by atoms with van der Waals surface area (Å²) in [6.07, 6.45) is 1.43. The number of amides is 2. The number of benzene rings is 3. The van der Waals surface area contributed by atoms with Crippen LogP contribution in [0.5, 0.6) is 11.5 Å². The maximum absolute atomic E-state index is 12.2. The predicted octanol–water partition coefficient (Wildman–Crippen LogP) is 6.09. The van der Waals surface area contributed by atoms with Crippen molar-refractivity contribution in [3.8, 4) is 11.5 Å². The second kappa shape index (κ2) is 13.3. The van der Waals surface area contributed by atoms with Crippen molar-refractivity contribution in [2.45, 2.75) is 32.6 Å². The quantitative estimate of drug-likeness (QED) is 0.288. The lowest BCUT2D eigenvalue weighted by Gasteiger charge is -2.09. The van der Waals surface area contributed by atoms with Crippen LogP contribution in [0.1, 0.15) is 31.7 Å². The molecule has 3 rings (SSSR count). The number of rotatable bonds is 11. The van der Waals surface area contributed by atoms with E-state index in [9.17, 15) is 14.4 Å². The van der Waals surface area contributed by atoms with Gasteiger partial charge in [-0.15, -0.1) is 0 Å². The van der Waals surface area contributed by atoms with E-state index in [1.54, 1.807) is 36.4 Å². The third-order valence-corrected chi connectivity index (χ3v) is 5.51. The predicted molar refractivity (Wildman–Crippen MR) is 139 cm³/mol. The SMILES string of the molecule is CCc1ccc(NC(=O)COC(=O)CCCC(=O)Nc2ccc(Oc3ccc(Br)cc3)cc2)cc1. The van der Waals surface area contributed by atoms with Gasteiger partial charge in [-0.3, -0.25) is 14.4 Å². The minimum atomic E-state index is -0.524. The van der Waals surface area contributed by atoms with E-state index < -0.39 is 11.9 Å². The Bertz CT molecular complexity index is 1130. The topological polar surface area (TPSA) is 93.7 Å². The summed E-state index contributed by atoms with van der Waals surface area (Å²) in [7, 11) is 0. The molecule has 0 aromatic heterocycles.